The summed E-state index contributed by atoms with van der Waals surface area (Å²) in [7, 11) is 0. The fraction of sp³-hybridized carbons (Fsp3) is 0.727. The van der Waals surface area contributed by atoms with Gasteiger partial charge in [0.15, 0.2) is 0 Å². The SMILES string of the molecule is Cc1cn(C2CCCC(C)C2)nc1I. The Kier molecular flexibility index (Phi) is 3.14. The normalized spacial score (nSPS) is 27.9. The van der Waals surface area contributed by atoms with Crippen molar-refractivity contribution in [3.05, 3.63) is 15.5 Å². The first kappa shape index (κ1) is 10.5. The summed E-state index contributed by atoms with van der Waals surface area (Å²) in [6.07, 6.45) is 7.57. The van der Waals surface area contributed by atoms with Crippen LogP contribution in [0.15, 0.2) is 6.20 Å². The van der Waals surface area contributed by atoms with Crippen LogP contribution in [0.1, 0.15) is 44.2 Å². The maximum Gasteiger partial charge on any atom is 0.126 e. The second-order valence-corrected chi connectivity index (χ2v) is 5.53. The predicted molar refractivity (Wildman–Crippen MR) is 66.4 cm³/mol. The minimum Gasteiger partial charge on any atom is -0.268 e. The van der Waals surface area contributed by atoms with E-state index in [2.05, 4.69) is 52.4 Å². The molecule has 1 aliphatic carbocycles. The molecule has 1 saturated carbocycles. The number of hydrogen-bond donors (Lipinski definition) is 0. The molecule has 78 valence electrons. The molecule has 2 atom stereocenters. The quantitative estimate of drug-likeness (QED) is 0.726. The monoisotopic (exact) mass is 304 g/mol. The Hall–Kier alpha value is -0.0600. The van der Waals surface area contributed by atoms with Crippen LogP contribution >= 0.6 is 22.6 Å². The third-order valence-corrected chi connectivity index (χ3v) is 4.20. The molecule has 1 aromatic rings. The highest BCUT2D eigenvalue weighted by molar-refractivity contribution is 14.1. The van der Waals surface area contributed by atoms with E-state index in [1.165, 1.54) is 31.2 Å². The molecular weight excluding hydrogens is 287 g/mol. The lowest BCUT2D eigenvalue weighted by atomic mass is 9.87. The summed E-state index contributed by atoms with van der Waals surface area (Å²) in [5, 5.41) is 4.57. The molecule has 0 aromatic carbocycles. The molecule has 2 unspecified atom stereocenters. The van der Waals surface area contributed by atoms with Crippen LogP contribution in [0.3, 0.4) is 0 Å². The van der Waals surface area contributed by atoms with Gasteiger partial charge in [-0.15, -0.1) is 0 Å². The zero-order valence-corrected chi connectivity index (χ0v) is 11.0. The standard InChI is InChI=1S/C11H17IN2/c1-8-4-3-5-10(6-8)14-7-9(2)11(12)13-14/h7-8,10H,3-6H2,1-2H3. The van der Waals surface area contributed by atoms with Crippen LogP contribution in [-0.4, -0.2) is 9.78 Å². The lowest BCUT2D eigenvalue weighted by Crippen LogP contribution is -2.18. The van der Waals surface area contributed by atoms with Crippen LogP contribution in [0.2, 0.25) is 0 Å². The van der Waals surface area contributed by atoms with Crippen LogP contribution in [0.5, 0.6) is 0 Å². The van der Waals surface area contributed by atoms with Gasteiger partial charge in [-0.2, -0.15) is 5.10 Å². The Balaban J connectivity index is 2.14. The summed E-state index contributed by atoms with van der Waals surface area (Å²) in [5.41, 5.74) is 1.31. The van der Waals surface area contributed by atoms with Gasteiger partial charge in [0, 0.05) is 11.8 Å². The molecule has 1 aromatic heterocycles. The van der Waals surface area contributed by atoms with Crippen molar-refractivity contribution in [1.29, 1.82) is 0 Å². The van der Waals surface area contributed by atoms with Gasteiger partial charge in [0.05, 0.1) is 6.04 Å². The highest BCUT2D eigenvalue weighted by Crippen LogP contribution is 2.32. The molecule has 2 rings (SSSR count). The zero-order chi connectivity index (χ0) is 10.1. The Morgan fingerprint density at radius 1 is 1.50 bits per heavy atom. The Bertz CT molecular complexity index is 300. The van der Waals surface area contributed by atoms with Gasteiger partial charge in [-0.3, -0.25) is 4.68 Å². The molecule has 1 fully saturated rings. The maximum absolute atomic E-state index is 4.57. The van der Waals surface area contributed by atoms with Gasteiger partial charge in [-0.1, -0.05) is 19.8 Å². The van der Waals surface area contributed by atoms with E-state index < -0.39 is 0 Å². The lowest BCUT2D eigenvalue weighted by Gasteiger charge is -2.26. The van der Waals surface area contributed by atoms with E-state index in [1.807, 2.05) is 0 Å². The first-order valence-corrected chi connectivity index (χ1v) is 6.46. The van der Waals surface area contributed by atoms with Gasteiger partial charge in [0.25, 0.3) is 0 Å². The molecule has 1 heterocycles. The number of rotatable bonds is 1. The molecule has 0 spiro atoms. The van der Waals surface area contributed by atoms with Crippen LogP contribution in [0.4, 0.5) is 0 Å². The van der Waals surface area contributed by atoms with Crippen LogP contribution < -0.4 is 0 Å². The van der Waals surface area contributed by atoms with E-state index >= 15 is 0 Å². The fourth-order valence-electron chi connectivity index (χ4n) is 2.29. The zero-order valence-electron chi connectivity index (χ0n) is 8.83. The minimum atomic E-state index is 0.654. The Morgan fingerprint density at radius 3 is 2.86 bits per heavy atom. The first-order chi connectivity index (χ1) is 6.66. The second-order valence-electron chi connectivity index (χ2n) is 4.51. The van der Waals surface area contributed by atoms with E-state index in [0.717, 1.165) is 9.62 Å². The number of aryl methyl sites for hydroxylation is 1. The summed E-state index contributed by atoms with van der Waals surface area (Å²) in [6.45, 7) is 4.49. The van der Waals surface area contributed by atoms with E-state index in [-0.39, 0.29) is 0 Å². The highest BCUT2D eigenvalue weighted by atomic mass is 127. The van der Waals surface area contributed by atoms with Crippen molar-refractivity contribution in [1.82, 2.24) is 9.78 Å². The van der Waals surface area contributed by atoms with E-state index in [0.29, 0.717) is 6.04 Å². The van der Waals surface area contributed by atoms with E-state index in [1.54, 1.807) is 0 Å². The number of aromatic nitrogens is 2. The van der Waals surface area contributed by atoms with Crippen molar-refractivity contribution >= 4 is 22.6 Å². The topological polar surface area (TPSA) is 17.8 Å². The molecule has 0 radical (unpaired) electrons. The molecule has 0 saturated heterocycles. The average molecular weight is 304 g/mol. The summed E-state index contributed by atoms with van der Waals surface area (Å²) in [6, 6.07) is 0.654. The van der Waals surface area contributed by atoms with Crippen molar-refractivity contribution in [2.75, 3.05) is 0 Å². The highest BCUT2D eigenvalue weighted by Gasteiger charge is 2.21. The molecule has 0 amide bonds. The van der Waals surface area contributed by atoms with Crippen molar-refractivity contribution in [3.8, 4) is 0 Å². The Morgan fingerprint density at radius 2 is 2.29 bits per heavy atom. The summed E-state index contributed by atoms with van der Waals surface area (Å²) in [5.74, 6) is 0.871. The third-order valence-electron chi connectivity index (χ3n) is 3.14. The van der Waals surface area contributed by atoms with Gasteiger partial charge >= 0.3 is 0 Å². The number of halogens is 1. The summed E-state index contributed by atoms with van der Waals surface area (Å²) < 4.78 is 3.34. The average Bonchev–Trinajstić information content (AvgIpc) is 2.47. The number of nitrogens with zero attached hydrogens (tertiary/aromatic N) is 2. The van der Waals surface area contributed by atoms with Gasteiger partial charge in [0.2, 0.25) is 0 Å². The van der Waals surface area contributed by atoms with Gasteiger partial charge < -0.3 is 0 Å². The minimum absolute atomic E-state index is 0.654. The molecular formula is C11H17IN2. The van der Waals surface area contributed by atoms with Gasteiger partial charge in [-0.05, 0) is 48.3 Å². The molecule has 0 bridgehead atoms. The third kappa shape index (κ3) is 2.12. The van der Waals surface area contributed by atoms with Gasteiger partial charge in [-0.25, -0.2) is 0 Å². The van der Waals surface area contributed by atoms with Crippen LogP contribution in [0, 0.1) is 16.5 Å². The molecule has 14 heavy (non-hydrogen) atoms. The van der Waals surface area contributed by atoms with Gasteiger partial charge in [0.1, 0.15) is 3.70 Å². The lowest BCUT2D eigenvalue weighted by molar-refractivity contribution is 0.266. The van der Waals surface area contributed by atoms with E-state index in [4.69, 9.17) is 0 Å². The molecule has 3 heteroatoms. The fourth-order valence-corrected chi connectivity index (χ4v) is 2.68. The number of hydrogen-bond acceptors (Lipinski definition) is 1. The van der Waals surface area contributed by atoms with Crippen molar-refractivity contribution < 1.29 is 0 Å². The van der Waals surface area contributed by atoms with Crippen LogP contribution in [0.25, 0.3) is 0 Å². The van der Waals surface area contributed by atoms with Crippen molar-refractivity contribution in [2.45, 2.75) is 45.6 Å². The summed E-state index contributed by atoms with van der Waals surface area (Å²) in [4.78, 5) is 0. The van der Waals surface area contributed by atoms with Crippen LogP contribution in [-0.2, 0) is 0 Å². The largest absolute Gasteiger partial charge is 0.268 e. The molecule has 0 N–H and O–H groups in total. The molecule has 0 aliphatic heterocycles. The van der Waals surface area contributed by atoms with E-state index in [9.17, 15) is 0 Å². The smallest absolute Gasteiger partial charge is 0.126 e. The second kappa shape index (κ2) is 4.21. The molecule has 2 nitrogen and oxygen atoms in total. The summed E-state index contributed by atoms with van der Waals surface area (Å²) >= 11 is 2.31. The van der Waals surface area contributed by atoms with Crippen molar-refractivity contribution in [3.63, 3.8) is 0 Å². The predicted octanol–water partition coefficient (Wildman–Crippen LogP) is 3.55. The first-order valence-electron chi connectivity index (χ1n) is 5.38. The van der Waals surface area contributed by atoms with Crippen molar-refractivity contribution in [2.24, 2.45) is 5.92 Å². The maximum atomic E-state index is 4.57. The molecule has 1 aliphatic rings. The Labute approximate surface area is 99.2 Å².